The van der Waals surface area contributed by atoms with Crippen LogP contribution in [-0.4, -0.2) is 25.2 Å². The Morgan fingerprint density at radius 3 is 2.22 bits per heavy atom. The molecule has 32 heavy (non-hydrogen) atoms. The number of sulfonamides is 1. The summed E-state index contributed by atoms with van der Waals surface area (Å²) in [5.41, 5.74) is 1.25. The van der Waals surface area contributed by atoms with Crippen molar-refractivity contribution < 1.29 is 13.2 Å². The number of hydrogen-bond acceptors (Lipinski definition) is 3. The minimum atomic E-state index is -3.96. The van der Waals surface area contributed by atoms with Crippen LogP contribution >= 0.6 is 46.4 Å². The molecule has 0 aliphatic rings. The van der Waals surface area contributed by atoms with Crippen LogP contribution in [0.5, 0.6) is 0 Å². The Balaban J connectivity index is 1.81. The summed E-state index contributed by atoms with van der Waals surface area (Å²) >= 11 is 24.1. The summed E-state index contributed by atoms with van der Waals surface area (Å²) in [6.45, 7) is -0.341. The molecule has 3 rings (SSSR count). The van der Waals surface area contributed by atoms with Crippen LogP contribution in [0.2, 0.25) is 20.1 Å². The Bertz CT molecular complexity index is 1220. The van der Waals surface area contributed by atoms with Gasteiger partial charge in [-0.2, -0.15) is 4.31 Å². The number of rotatable bonds is 8. The lowest BCUT2D eigenvalue weighted by atomic mass is 10.2. The molecule has 1 amide bonds. The zero-order chi connectivity index (χ0) is 23.3. The predicted molar refractivity (Wildman–Crippen MR) is 129 cm³/mol. The summed E-state index contributed by atoms with van der Waals surface area (Å²) in [6, 6.07) is 17.6. The highest BCUT2D eigenvalue weighted by atomic mass is 35.5. The molecule has 0 saturated carbocycles. The third-order valence-corrected chi connectivity index (χ3v) is 7.67. The topological polar surface area (TPSA) is 66.5 Å². The average Bonchev–Trinajstić information content (AvgIpc) is 2.76. The lowest BCUT2D eigenvalue weighted by Crippen LogP contribution is -2.40. The van der Waals surface area contributed by atoms with E-state index in [9.17, 15) is 13.2 Å². The van der Waals surface area contributed by atoms with Crippen LogP contribution < -0.4 is 5.32 Å². The van der Waals surface area contributed by atoms with Crippen molar-refractivity contribution in [2.24, 2.45) is 0 Å². The molecule has 0 heterocycles. The van der Waals surface area contributed by atoms with Gasteiger partial charge in [-0.3, -0.25) is 4.79 Å². The van der Waals surface area contributed by atoms with E-state index in [4.69, 9.17) is 46.4 Å². The maximum absolute atomic E-state index is 13.2. The molecular formula is C22H18Cl4N2O3S. The van der Waals surface area contributed by atoms with Gasteiger partial charge in [0.1, 0.15) is 0 Å². The minimum absolute atomic E-state index is 0.0662. The highest BCUT2D eigenvalue weighted by Crippen LogP contribution is 2.25. The van der Waals surface area contributed by atoms with E-state index in [-0.39, 0.29) is 18.0 Å². The number of amides is 1. The molecule has 0 spiro atoms. The van der Waals surface area contributed by atoms with Gasteiger partial charge in [0.05, 0.1) is 21.5 Å². The second-order valence-corrected chi connectivity index (χ2v) is 10.4. The highest BCUT2D eigenvalue weighted by Gasteiger charge is 2.27. The number of carbonyl (C=O) groups is 1. The number of nitrogens with one attached hydrogen (secondary N) is 1. The van der Waals surface area contributed by atoms with Crippen LogP contribution in [-0.2, 0) is 27.9 Å². The van der Waals surface area contributed by atoms with Crippen molar-refractivity contribution in [3.8, 4) is 0 Å². The van der Waals surface area contributed by atoms with E-state index in [1.165, 1.54) is 12.1 Å². The molecule has 0 fully saturated rings. The fourth-order valence-corrected chi connectivity index (χ4v) is 5.09. The molecule has 3 aromatic carbocycles. The van der Waals surface area contributed by atoms with Gasteiger partial charge in [-0.25, -0.2) is 8.42 Å². The predicted octanol–water partition coefficient (Wildman–Crippen LogP) is 5.81. The summed E-state index contributed by atoms with van der Waals surface area (Å²) in [5, 5.41) is 4.23. The van der Waals surface area contributed by atoms with Gasteiger partial charge in [0.25, 0.3) is 0 Å². The zero-order valence-corrected chi connectivity index (χ0v) is 20.4. The molecule has 0 aromatic heterocycles. The number of hydrogen-bond donors (Lipinski definition) is 1. The van der Waals surface area contributed by atoms with Crippen molar-refractivity contribution in [1.82, 2.24) is 9.62 Å². The second-order valence-electron chi connectivity index (χ2n) is 6.85. The van der Waals surface area contributed by atoms with Crippen LogP contribution in [0.3, 0.4) is 0 Å². The van der Waals surface area contributed by atoms with Gasteiger partial charge in [-0.05, 0) is 47.5 Å². The molecule has 0 aliphatic heterocycles. The lowest BCUT2D eigenvalue weighted by molar-refractivity contribution is -0.121. The van der Waals surface area contributed by atoms with Gasteiger partial charge in [-0.15, -0.1) is 0 Å². The van der Waals surface area contributed by atoms with E-state index in [1.54, 1.807) is 54.6 Å². The van der Waals surface area contributed by atoms with E-state index in [0.717, 1.165) is 4.31 Å². The van der Waals surface area contributed by atoms with Gasteiger partial charge in [0.2, 0.25) is 15.9 Å². The van der Waals surface area contributed by atoms with Gasteiger partial charge >= 0.3 is 0 Å². The van der Waals surface area contributed by atoms with Crippen LogP contribution in [0.25, 0.3) is 0 Å². The van der Waals surface area contributed by atoms with E-state index < -0.39 is 22.5 Å². The third kappa shape index (κ3) is 6.38. The van der Waals surface area contributed by atoms with Crippen molar-refractivity contribution in [2.75, 3.05) is 6.54 Å². The zero-order valence-electron chi connectivity index (χ0n) is 16.6. The molecule has 0 atom stereocenters. The number of halogens is 4. The fourth-order valence-electron chi connectivity index (χ4n) is 2.88. The van der Waals surface area contributed by atoms with Gasteiger partial charge in [0, 0.05) is 23.1 Å². The first-order valence-corrected chi connectivity index (χ1v) is 12.3. The molecule has 1 N–H and O–H groups in total. The van der Waals surface area contributed by atoms with Crippen molar-refractivity contribution in [1.29, 1.82) is 0 Å². The van der Waals surface area contributed by atoms with Crippen LogP contribution in [0, 0.1) is 0 Å². The maximum Gasteiger partial charge on any atom is 0.243 e. The number of benzene rings is 3. The smallest absolute Gasteiger partial charge is 0.243 e. The van der Waals surface area contributed by atoms with Crippen molar-refractivity contribution >= 4 is 62.3 Å². The van der Waals surface area contributed by atoms with Crippen molar-refractivity contribution in [3.05, 3.63) is 97.9 Å². The molecule has 0 radical (unpaired) electrons. The summed E-state index contributed by atoms with van der Waals surface area (Å²) in [7, 11) is -3.96. The molecule has 0 bridgehead atoms. The SMILES string of the molecule is O=C(CN(Cc1ccc(Cl)c(Cl)c1)S(=O)(=O)c1ccccc1)NCc1ccc(Cl)cc1Cl. The third-order valence-electron chi connectivity index (χ3n) is 4.54. The van der Waals surface area contributed by atoms with Gasteiger partial charge in [0.15, 0.2) is 0 Å². The number of carbonyl (C=O) groups excluding carboxylic acids is 1. The summed E-state index contributed by atoms with van der Waals surface area (Å²) in [4.78, 5) is 12.7. The molecule has 3 aromatic rings. The number of nitrogens with zero attached hydrogens (tertiary/aromatic N) is 1. The fraction of sp³-hybridized carbons (Fsp3) is 0.136. The Labute approximate surface area is 206 Å². The van der Waals surface area contributed by atoms with E-state index >= 15 is 0 Å². The Kier molecular flexibility index (Phi) is 8.44. The molecule has 0 saturated heterocycles. The Hall–Kier alpha value is -1.80. The van der Waals surface area contributed by atoms with Crippen LogP contribution in [0.15, 0.2) is 71.6 Å². The van der Waals surface area contributed by atoms with E-state index in [0.29, 0.717) is 31.2 Å². The molecule has 0 aliphatic carbocycles. The molecule has 5 nitrogen and oxygen atoms in total. The van der Waals surface area contributed by atoms with Crippen LogP contribution in [0.1, 0.15) is 11.1 Å². The van der Waals surface area contributed by atoms with Crippen molar-refractivity contribution in [3.63, 3.8) is 0 Å². The normalized spacial score (nSPS) is 11.5. The van der Waals surface area contributed by atoms with Crippen LogP contribution in [0.4, 0.5) is 0 Å². The largest absolute Gasteiger partial charge is 0.351 e. The first-order chi connectivity index (χ1) is 15.2. The van der Waals surface area contributed by atoms with E-state index in [2.05, 4.69) is 5.32 Å². The summed E-state index contributed by atoms with van der Waals surface area (Å²) in [5.74, 6) is -0.490. The van der Waals surface area contributed by atoms with E-state index in [1.807, 2.05) is 0 Å². The lowest BCUT2D eigenvalue weighted by Gasteiger charge is -2.22. The maximum atomic E-state index is 13.2. The molecule has 0 unspecified atom stereocenters. The van der Waals surface area contributed by atoms with Crippen molar-refractivity contribution in [2.45, 2.75) is 18.0 Å². The molecule has 168 valence electrons. The molecular weight excluding hydrogens is 514 g/mol. The average molecular weight is 532 g/mol. The first kappa shape index (κ1) is 24.8. The standard InChI is InChI=1S/C22H18Cl4N2O3S/c23-17-8-7-16(20(25)11-17)12-27-22(29)14-28(13-15-6-9-19(24)21(26)10-15)32(30,31)18-4-2-1-3-5-18/h1-11H,12-14H2,(H,27,29). The highest BCUT2D eigenvalue weighted by molar-refractivity contribution is 7.89. The van der Waals surface area contributed by atoms with Gasteiger partial charge in [-0.1, -0.05) is 76.7 Å². The quantitative estimate of drug-likeness (QED) is 0.399. The summed E-state index contributed by atoms with van der Waals surface area (Å²) in [6.07, 6.45) is 0. The Morgan fingerprint density at radius 2 is 1.56 bits per heavy atom. The Morgan fingerprint density at radius 1 is 0.844 bits per heavy atom. The van der Waals surface area contributed by atoms with Gasteiger partial charge < -0.3 is 5.32 Å². The minimum Gasteiger partial charge on any atom is -0.351 e. The first-order valence-electron chi connectivity index (χ1n) is 9.36. The second kappa shape index (κ2) is 10.9. The summed E-state index contributed by atoms with van der Waals surface area (Å²) < 4.78 is 27.6. The monoisotopic (exact) mass is 530 g/mol. The molecule has 10 heteroatoms.